The van der Waals surface area contributed by atoms with E-state index in [1.165, 1.54) is 0 Å². The van der Waals surface area contributed by atoms with Crippen molar-refractivity contribution in [3.05, 3.63) is 0 Å². The number of hydrogen-bond acceptors (Lipinski definition) is 16. The van der Waals surface area contributed by atoms with Crippen molar-refractivity contribution < 1.29 is 113 Å². The van der Waals surface area contributed by atoms with Gasteiger partial charge in [0, 0.05) is 27.1 Å². The van der Waals surface area contributed by atoms with Crippen LogP contribution in [0.4, 0.5) is 0 Å². The fourth-order valence-corrected chi connectivity index (χ4v) is 4.94. The Kier molecular flexibility index (Phi) is 15.5. The number of ether oxygens (including phenoxy) is 2. The van der Waals surface area contributed by atoms with E-state index in [9.17, 15) is 43.3 Å². The van der Waals surface area contributed by atoms with Crippen LogP contribution in [0.1, 0.15) is 6.92 Å². The zero-order valence-corrected chi connectivity index (χ0v) is 26.4. The zero-order chi connectivity index (χ0) is 30.4. The quantitative estimate of drug-likeness (QED) is 0.0711. The number of nitrogens with zero attached hydrogens (tertiary/aromatic N) is 1. The monoisotopic (exact) mass is 677 g/mol. The molecule has 0 aromatic rings. The van der Waals surface area contributed by atoms with E-state index in [-0.39, 0.29) is 36.1 Å². The molecule has 0 aromatic carbocycles. The van der Waals surface area contributed by atoms with E-state index in [1.54, 1.807) is 0 Å². The van der Waals surface area contributed by atoms with Gasteiger partial charge in [0.2, 0.25) is 11.8 Å². The Morgan fingerprint density at radius 3 is 1.77 bits per heavy atom. The maximum atomic E-state index is 12.4. The Morgan fingerprint density at radius 2 is 1.35 bits per heavy atom. The minimum Gasteiger partial charge on any atom is -0.353 e. The smallest absolute Gasteiger partial charge is 0.353 e. The average molecular weight is 678 g/mol. The second-order valence-corrected chi connectivity index (χ2v) is 12.3. The summed E-state index contributed by atoms with van der Waals surface area (Å²) in [5, 5.41) is 2.15. The summed E-state index contributed by atoms with van der Waals surface area (Å²) in [6.07, 6.45) is -10.4. The molecule has 0 bridgehead atoms. The molecule has 0 spiro atoms. The number of amides is 2. The Balaban J connectivity index is 0.0000152. The molecule has 0 saturated carbocycles. The van der Waals surface area contributed by atoms with Crippen LogP contribution in [-0.4, -0.2) is 134 Å². The molecule has 1 heterocycles. The van der Waals surface area contributed by atoms with Crippen LogP contribution in [0.2, 0.25) is 0 Å². The molecule has 1 aliphatic rings. The molecule has 0 aliphatic carbocycles. The van der Waals surface area contributed by atoms with Gasteiger partial charge in [0.25, 0.3) is 10.1 Å². The third-order valence-corrected chi connectivity index (χ3v) is 6.45. The van der Waals surface area contributed by atoms with Gasteiger partial charge in [-0.3, -0.25) is 27.4 Å². The molecular weight excluding hydrogens is 651 g/mol. The van der Waals surface area contributed by atoms with Crippen LogP contribution in [0.5, 0.6) is 0 Å². The fourth-order valence-electron chi connectivity index (χ4n) is 3.07. The van der Waals surface area contributed by atoms with E-state index in [0.717, 1.165) is 25.2 Å². The van der Waals surface area contributed by atoms with Crippen molar-refractivity contribution in [3.8, 4) is 0 Å². The Hall–Kier alpha value is -0.620. The van der Waals surface area contributed by atoms with E-state index < -0.39 is 104 Å². The first kappa shape index (κ1) is 39.4. The van der Waals surface area contributed by atoms with Gasteiger partial charge in [0.15, 0.2) is 12.4 Å². The number of nitrogens with one attached hydrogen (secondary N) is 1. The third-order valence-electron chi connectivity index (χ3n) is 4.46. The van der Waals surface area contributed by atoms with Crippen molar-refractivity contribution in [2.24, 2.45) is 0 Å². The topological polar surface area (TPSA) is 302 Å². The molecule has 40 heavy (non-hydrogen) atoms. The summed E-state index contributed by atoms with van der Waals surface area (Å²) < 4.78 is 145. The predicted octanol–water partition coefficient (Wildman–Crippen LogP) is -7.13. The van der Waals surface area contributed by atoms with Crippen LogP contribution >= 0.6 is 0 Å². The molecule has 0 unspecified atom stereocenters. The summed E-state index contributed by atoms with van der Waals surface area (Å²) in [4.78, 5) is 25.0. The van der Waals surface area contributed by atoms with Crippen LogP contribution in [-0.2, 0) is 77.1 Å². The number of rotatable bonds is 15. The summed E-state index contributed by atoms with van der Waals surface area (Å²) in [5.74, 6) is -1.66. The summed E-state index contributed by atoms with van der Waals surface area (Å²) in [6, 6.07) is 0. The average Bonchev–Trinajstić information content (AvgIpc) is 2.71. The predicted molar refractivity (Wildman–Crippen MR) is 121 cm³/mol. The van der Waals surface area contributed by atoms with Crippen molar-refractivity contribution in [1.29, 1.82) is 0 Å². The fraction of sp³-hybridized carbons (Fsp3) is 0.857. The normalized spacial score (nSPS) is 24.1. The van der Waals surface area contributed by atoms with Crippen LogP contribution < -0.4 is 34.9 Å². The molecular formula is C14H26N2NaO19S4+. The van der Waals surface area contributed by atoms with E-state index in [0.29, 0.717) is 0 Å². The second-order valence-electron chi connectivity index (χ2n) is 7.52. The largest absolute Gasteiger partial charge is 1.00 e. The standard InChI is InChI=1S/C14H26N2O19S4.Na/c1-8(17)16(4-5-31-36(3,19)20)7-10(18)15-6-9-11(33-37(21,22)23)12(34-38(24,25)26)13(14(30-2)32-9)35-39(27,28)29;/h9,11-14H,4-7H2,1-3H3,(H,15,18)(H,21,22,23)(H,24,25,26)(H,27,28,29);/q;+1/t9-,11-,12+,13+,14+;/m1./s1. The van der Waals surface area contributed by atoms with Gasteiger partial charge < -0.3 is 19.7 Å². The second kappa shape index (κ2) is 15.7. The van der Waals surface area contributed by atoms with E-state index >= 15 is 0 Å². The molecule has 4 N–H and O–H groups in total. The van der Waals surface area contributed by atoms with Crippen molar-refractivity contribution >= 4 is 53.1 Å². The van der Waals surface area contributed by atoms with Crippen LogP contribution in [0.25, 0.3) is 0 Å². The van der Waals surface area contributed by atoms with E-state index in [4.69, 9.17) is 23.1 Å². The number of carbonyl (C=O) groups is 2. The summed E-state index contributed by atoms with van der Waals surface area (Å²) >= 11 is 0. The third kappa shape index (κ3) is 15.6. The Morgan fingerprint density at radius 1 is 0.875 bits per heavy atom. The molecule has 26 heteroatoms. The molecule has 2 amide bonds. The number of carbonyl (C=O) groups excluding carboxylic acids is 2. The Labute approximate surface area is 252 Å². The van der Waals surface area contributed by atoms with Gasteiger partial charge in [-0.05, 0) is 0 Å². The molecule has 1 fully saturated rings. The van der Waals surface area contributed by atoms with Gasteiger partial charge in [0.1, 0.15) is 18.3 Å². The SMILES string of the molecule is CO[C@H]1O[C@H](CNC(=O)CN(CCOS(C)(=O)=O)C(C)=O)[C@@H](OS(=O)(=O)O)[C@H](OS(=O)(=O)O)[C@@H]1OS(=O)(=O)O.[Na+]. The van der Waals surface area contributed by atoms with Gasteiger partial charge in [-0.25, -0.2) is 12.5 Å². The van der Waals surface area contributed by atoms with Crippen LogP contribution in [0.15, 0.2) is 0 Å². The summed E-state index contributed by atoms with van der Waals surface area (Å²) in [6.45, 7) is -1.33. The minimum absolute atomic E-state index is 0. The summed E-state index contributed by atoms with van der Waals surface area (Å²) in [5.41, 5.74) is 0. The van der Waals surface area contributed by atoms with Crippen molar-refractivity contribution in [1.82, 2.24) is 10.2 Å². The summed E-state index contributed by atoms with van der Waals surface area (Å²) in [7, 11) is -19.5. The van der Waals surface area contributed by atoms with Gasteiger partial charge in [0.05, 0.1) is 19.4 Å². The number of methoxy groups -OCH3 is 1. The molecule has 1 rings (SSSR count). The maximum absolute atomic E-state index is 12.4. The van der Waals surface area contributed by atoms with Crippen molar-refractivity contribution in [3.63, 3.8) is 0 Å². The molecule has 230 valence electrons. The minimum atomic E-state index is -5.54. The van der Waals surface area contributed by atoms with Gasteiger partial charge in [-0.15, -0.1) is 0 Å². The molecule has 0 aromatic heterocycles. The molecule has 0 radical (unpaired) electrons. The Bertz CT molecular complexity index is 1300. The number of hydrogen-bond donors (Lipinski definition) is 4. The van der Waals surface area contributed by atoms with Crippen LogP contribution in [0, 0.1) is 0 Å². The van der Waals surface area contributed by atoms with E-state index in [2.05, 4.69) is 22.0 Å². The van der Waals surface area contributed by atoms with Gasteiger partial charge in [-0.2, -0.15) is 33.7 Å². The molecule has 1 saturated heterocycles. The molecule has 5 atom stereocenters. The van der Waals surface area contributed by atoms with Crippen LogP contribution in [0.3, 0.4) is 0 Å². The van der Waals surface area contributed by atoms with Gasteiger partial charge in [-0.1, -0.05) is 0 Å². The van der Waals surface area contributed by atoms with Gasteiger partial charge >= 0.3 is 60.8 Å². The first-order chi connectivity index (χ1) is 17.5. The van der Waals surface area contributed by atoms with E-state index in [1.807, 2.05) is 0 Å². The zero-order valence-electron chi connectivity index (χ0n) is 21.2. The van der Waals surface area contributed by atoms with Crippen molar-refractivity contribution in [2.75, 3.05) is 39.6 Å². The van der Waals surface area contributed by atoms with Crippen molar-refractivity contribution in [2.45, 2.75) is 37.6 Å². The first-order valence-corrected chi connectivity index (χ1v) is 15.9. The first-order valence-electron chi connectivity index (χ1n) is 10.0. The molecule has 1 aliphatic heterocycles. The molecule has 21 nitrogen and oxygen atoms in total. The maximum Gasteiger partial charge on any atom is 1.00 e.